The molecule has 2 heterocycles. The third-order valence-electron chi connectivity index (χ3n) is 4.78. The number of aromatic nitrogens is 2. The molecule has 7 nitrogen and oxygen atoms in total. The lowest BCUT2D eigenvalue weighted by Gasteiger charge is -2.31. The van der Waals surface area contributed by atoms with E-state index in [4.69, 9.17) is 9.47 Å². The van der Waals surface area contributed by atoms with Gasteiger partial charge in [0.25, 0.3) is 0 Å². The number of rotatable bonds is 6. The van der Waals surface area contributed by atoms with Gasteiger partial charge in [0.05, 0.1) is 25.5 Å². The molecule has 7 heteroatoms. The molecule has 0 bridgehead atoms. The van der Waals surface area contributed by atoms with Crippen LogP contribution in [0.3, 0.4) is 0 Å². The van der Waals surface area contributed by atoms with Gasteiger partial charge >= 0.3 is 0 Å². The topological polar surface area (TPSA) is 67.8 Å². The molecule has 1 aliphatic rings. The van der Waals surface area contributed by atoms with Crippen molar-refractivity contribution in [2.75, 3.05) is 40.8 Å². The zero-order valence-corrected chi connectivity index (χ0v) is 16.1. The van der Waals surface area contributed by atoms with Crippen LogP contribution in [0.5, 0.6) is 17.4 Å². The Morgan fingerprint density at radius 2 is 1.81 bits per heavy atom. The monoisotopic (exact) mass is 370 g/mol. The molecule has 1 amide bonds. The SMILES string of the molecule is COc1ccc(Oc2cncc(C3CCN(CC(=O)N(C)C)CC3)n2)cc1. The Labute approximate surface area is 159 Å². The average Bonchev–Trinajstić information content (AvgIpc) is 2.69. The van der Waals surface area contributed by atoms with Crippen molar-refractivity contribution in [1.29, 1.82) is 0 Å². The maximum absolute atomic E-state index is 11.9. The fourth-order valence-corrected chi connectivity index (χ4v) is 3.09. The molecule has 1 saturated heterocycles. The summed E-state index contributed by atoms with van der Waals surface area (Å²) in [6, 6.07) is 7.37. The second kappa shape index (κ2) is 8.81. The van der Waals surface area contributed by atoms with Gasteiger partial charge in [-0.25, -0.2) is 4.98 Å². The molecular weight excluding hydrogens is 344 g/mol. The number of likely N-dealkylation sites (tertiary alicyclic amines) is 1. The molecule has 0 aliphatic carbocycles. The van der Waals surface area contributed by atoms with Crippen molar-refractivity contribution in [3.8, 4) is 17.4 Å². The van der Waals surface area contributed by atoms with Gasteiger partial charge in [0.2, 0.25) is 11.8 Å². The van der Waals surface area contributed by atoms with Gasteiger partial charge in [-0.3, -0.25) is 14.7 Å². The number of benzene rings is 1. The maximum Gasteiger partial charge on any atom is 0.238 e. The Kier molecular flexibility index (Phi) is 6.24. The minimum atomic E-state index is 0.142. The van der Waals surface area contributed by atoms with Crippen molar-refractivity contribution in [2.24, 2.45) is 0 Å². The fraction of sp³-hybridized carbons (Fsp3) is 0.450. The van der Waals surface area contributed by atoms with E-state index in [0.717, 1.165) is 37.4 Å². The predicted molar refractivity (Wildman–Crippen MR) is 102 cm³/mol. The first-order chi connectivity index (χ1) is 13.0. The van der Waals surface area contributed by atoms with Crippen LogP contribution in [0.15, 0.2) is 36.7 Å². The summed E-state index contributed by atoms with van der Waals surface area (Å²) in [5.74, 6) is 2.44. The largest absolute Gasteiger partial charge is 0.497 e. The van der Waals surface area contributed by atoms with E-state index in [1.165, 1.54) is 0 Å². The molecule has 2 aromatic rings. The number of amides is 1. The van der Waals surface area contributed by atoms with E-state index in [2.05, 4.69) is 14.9 Å². The number of likely N-dealkylation sites (N-methyl/N-ethyl adjacent to an activating group) is 1. The van der Waals surface area contributed by atoms with Crippen molar-refractivity contribution in [2.45, 2.75) is 18.8 Å². The number of hydrogen-bond acceptors (Lipinski definition) is 6. The molecule has 144 valence electrons. The summed E-state index contributed by atoms with van der Waals surface area (Å²) in [6.45, 7) is 2.25. The van der Waals surface area contributed by atoms with Crippen LogP contribution in [-0.4, -0.2) is 66.5 Å². The van der Waals surface area contributed by atoms with E-state index >= 15 is 0 Å². The van der Waals surface area contributed by atoms with Gasteiger partial charge in [0, 0.05) is 26.2 Å². The summed E-state index contributed by atoms with van der Waals surface area (Å²) < 4.78 is 11.0. The molecule has 0 saturated carbocycles. The van der Waals surface area contributed by atoms with Crippen molar-refractivity contribution < 1.29 is 14.3 Å². The maximum atomic E-state index is 11.9. The van der Waals surface area contributed by atoms with Gasteiger partial charge in [-0.05, 0) is 50.2 Å². The van der Waals surface area contributed by atoms with Crippen molar-refractivity contribution >= 4 is 5.91 Å². The highest BCUT2D eigenvalue weighted by atomic mass is 16.5. The average molecular weight is 370 g/mol. The van der Waals surface area contributed by atoms with Crippen LogP contribution in [0.2, 0.25) is 0 Å². The highest BCUT2D eigenvalue weighted by Crippen LogP contribution is 2.28. The third-order valence-corrected chi connectivity index (χ3v) is 4.78. The van der Waals surface area contributed by atoms with Crippen LogP contribution in [0.4, 0.5) is 0 Å². The van der Waals surface area contributed by atoms with E-state index in [-0.39, 0.29) is 5.91 Å². The molecule has 0 atom stereocenters. The molecule has 0 radical (unpaired) electrons. The first-order valence-corrected chi connectivity index (χ1v) is 9.11. The standard InChI is InChI=1S/C20H26N4O3/c1-23(2)20(25)14-24-10-8-15(9-11-24)18-12-21-13-19(22-18)27-17-6-4-16(26-3)5-7-17/h4-7,12-13,15H,8-11,14H2,1-3H3. The number of ether oxygens (including phenoxy) is 2. The van der Waals surface area contributed by atoms with Crippen LogP contribution >= 0.6 is 0 Å². The molecule has 1 aromatic carbocycles. The predicted octanol–water partition coefficient (Wildman–Crippen LogP) is 2.55. The van der Waals surface area contributed by atoms with Gasteiger partial charge in [-0.2, -0.15) is 0 Å². The first-order valence-electron chi connectivity index (χ1n) is 9.11. The number of hydrogen-bond donors (Lipinski definition) is 0. The van der Waals surface area contributed by atoms with Crippen LogP contribution in [0.25, 0.3) is 0 Å². The molecule has 3 rings (SSSR count). The highest BCUT2D eigenvalue weighted by molar-refractivity contribution is 5.77. The summed E-state index contributed by atoms with van der Waals surface area (Å²) in [5, 5.41) is 0. The van der Waals surface area contributed by atoms with Gasteiger partial charge < -0.3 is 14.4 Å². The zero-order valence-electron chi connectivity index (χ0n) is 16.1. The van der Waals surface area contributed by atoms with Gasteiger partial charge in [-0.15, -0.1) is 0 Å². The molecule has 1 aliphatic heterocycles. The smallest absolute Gasteiger partial charge is 0.238 e. The quantitative estimate of drug-likeness (QED) is 0.778. The molecule has 0 spiro atoms. The second-order valence-electron chi connectivity index (χ2n) is 6.90. The minimum Gasteiger partial charge on any atom is -0.497 e. The number of nitrogens with zero attached hydrogens (tertiary/aromatic N) is 4. The Bertz CT molecular complexity index is 756. The van der Waals surface area contributed by atoms with Crippen molar-refractivity contribution in [1.82, 2.24) is 19.8 Å². The number of methoxy groups -OCH3 is 1. The summed E-state index contributed by atoms with van der Waals surface area (Å²) >= 11 is 0. The van der Waals surface area contributed by atoms with E-state index < -0.39 is 0 Å². The first kappa shape index (κ1) is 19.1. The summed E-state index contributed by atoms with van der Waals surface area (Å²) in [4.78, 5) is 24.6. The molecule has 1 fully saturated rings. The number of piperidine rings is 1. The number of carbonyl (C=O) groups excluding carboxylic acids is 1. The van der Waals surface area contributed by atoms with Crippen LogP contribution in [0, 0.1) is 0 Å². The lowest BCUT2D eigenvalue weighted by Crippen LogP contribution is -2.40. The molecule has 0 unspecified atom stereocenters. The molecule has 1 aromatic heterocycles. The zero-order chi connectivity index (χ0) is 19.2. The van der Waals surface area contributed by atoms with E-state index in [9.17, 15) is 4.79 Å². The lowest BCUT2D eigenvalue weighted by molar-refractivity contribution is -0.130. The summed E-state index contributed by atoms with van der Waals surface area (Å²) in [5.41, 5.74) is 0.944. The number of carbonyl (C=O) groups is 1. The van der Waals surface area contributed by atoms with E-state index in [1.54, 1.807) is 32.3 Å². The Balaban J connectivity index is 1.58. The Hall–Kier alpha value is -2.67. The van der Waals surface area contributed by atoms with Crippen molar-refractivity contribution in [3.05, 3.63) is 42.4 Å². The van der Waals surface area contributed by atoms with Crippen LogP contribution in [0.1, 0.15) is 24.5 Å². The highest BCUT2D eigenvalue weighted by Gasteiger charge is 2.24. The fourth-order valence-electron chi connectivity index (χ4n) is 3.09. The molecule has 27 heavy (non-hydrogen) atoms. The van der Waals surface area contributed by atoms with Crippen molar-refractivity contribution in [3.63, 3.8) is 0 Å². The Morgan fingerprint density at radius 1 is 1.15 bits per heavy atom. The van der Waals surface area contributed by atoms with Crippen LogP contribution in [-0.2, 0) is 4.79 Å². The second-order valence-corrected chi connectivity index (χ2v) is 6.90. The van der Waals surface area contributed by atoms with E-state index in [1.807, 2.05) is 30.5 Å². The Morgan fingerprint density at radius 3 is 2.44 bits per heavy atom. The van der Waals surface area contributed by atoms with Crippen LogP contribution < -0.4 is 9.47 Å². The summed E-state index contributed by atoms with van der Waals surface area (Å²) in [6.07, 6.45) is 5.35. The normalized spacial score (nSPS) is 15.4. The van der Waals surface area contributed by atoms with Gasteiger partial charge in [-0.1, -0.05) is 0 Å². The third kappa shape index (κ3) is 5.17. The van der Waals surface area contributed by atoms with Gasteiger partial charge in [0.15, 0.2) is 0 Å². The van der Waals surface area contributed by atoms with Gasteiger partial charge in [0.1, 0.15) is 11.5 Å². The lowest BCUT2D eigenvalue weighted by atomic mass is 9.94. The molecule has 0 N–H and O–H groups in total. The minimum absolute atomic E-state index is 0.142. The summed E-state index contributed by atoms with van der Waals surface area (Å²) in [7, 11) is 5.21. The molecular formula is C20H26N4O3. The van der Waals surface area contributed by atoms with E-state index in [0.29, 0.717) is 24.1 Å².